The number of halogens is 1. The van der Waals surface area contributed by atoms with Crippen molar-refractivity contribution in [1.82, 2.24) is 15.8 Å². The predicted octanol–water partition coefficient (Wildman–Crippen LogP) is 1.24. The highest BCUT2D eigenvalue weighted by atomic mass is 32.1. The van der Waals surface area contributed by atoms with Gasteiger partial charge in [0.2, 0.25) is 5.91 Å². The van der Waals surface area contributed by atoms with Crippen LogP contribution in [0.1, 0.15) is 9.67 Å². The van der Waals surface area contributed by atoms with Crippen molar-refractivity contribution >= 4 is 39.3 Å². The van der Waals surface area contributed by atoms with Gasteiger partial charge in [-0.05, 0) is 18.2 Å². The van der Waals surface area contributed by atoms with Gasteiger partial charge < -0.3 is 0 Å². The third-order valence-electron chi connectivity index (χ3n) is 2.76. The predicted molar refractivity (Wildman–Crippen MR) is 69.5 cm³/mol. The first-order valence-electron chi connectivity index (χ1n) is 5.65. The number of urea groups is 1. The molecule has 2 aromatic rings. The number of hydrogen-bond acceptors (Lipinski definition) is 4. The van der Waals surface area contributed by atoms with Crippen LogP contribution in [0, 0.1) is 5.82 Å². The van der Waals surface area contributed by atoms with Crippen LogP contribution < -0.4 is 10.7 Å². The Hall–Kier alpha value is -2.48. The van der Waals surface area contributed by atoms with Gasteiger partial charge in [-0.1, -0.05) is 6.07 Å². The molecular formula is C12H8FN3O3S. The van der Waals surface area contributed by atoms with E-state index in [0.717, 1.165) is 16.3 Å². The van der Waals surface area contributed by atoms with Gasteiger partial charge in [-0.3, -0.25) is 20.3 Å². The summed E-state index contributed by atoms with van der Waals surface area (Å²) in [6.07, 6.45) is 0. The smallest absolute Gasteiger partial charge is 0.275 e. The number of rotatable bonds is 2. The Bertz CT molecular complexity index is 743. The number of carbonyl (C=O) groups is 3. The van der Waals surface area contributed by atoms with E-state index in [0.29, 0.717) is 10.1 Å². The SMILES string of the molecule is O=C1CN(NC(=O)c2cc3c(F)cccc3s2)C(=O)N1. The molecule has 0 aliphatic carbocycles. The van der Waals surface area contributed by atoms with Crippen molar-refractivity contribution in [2.75, 3.05) is 6.54 Å². The van der Waals surface area contributed by atoms with Crippen molar-refractivity contribution in [1.29, 1.82) is 0 Å². The molecule has 1 fully saturated rings. The summed E-state index contributed by atoms with van der Waals surface area (Å²) in [5.41, 5.74) is 2.31. The molecule has 6 nitrogen and oxygen atoms in total. The molecule has 0 saturated carbocycles. The average molecular weight is 293 g/mol. The van der Waals surface area contributed by atoms with Gasteiger partial charge in [-0.15, -0.1) is 11.3 Å². The van der Waals surface area contributed by atoms with E-state index in [1.54, 1.807) is 12.1 Å². The largest absolute Gasteiger partial charge is 0.343 e. The lowest BCUT2D eigenvalue weighted by atomic mass is 10.2. The molecule has 1 aromatic carbocycles. The molecule has 4 amide bonds. The number of fused-ring (bicyclic) bond motifs is 1. The normalized spacial score (nSPS) is 14.8. The van der Waals surface area contributed by atoms with Crippen LogP contribution in [0.3, 0.4) is 0 Å². The Labute approximate surface area is 116 Å². The monoisotopic (exact) mass is 293 g/mol. The maximum atomic E-state index is 13.5. The third kappa shape index (κ3) is 2.10. The zero-order valence-corrected chi connectivity index (χ0v) is 10.8. The molecule has 2 N–H and O–H groups in total. The molecule has 1 saturated heterocycles. The van der Waals surface area contributed by atoms with Crippen LogP contribution in [-0.4, -0.2) is 29.4 Å². The molecule has 1 aromatic heterocycles. The van der Waals surface area contributed by atoms with Crippen LogP contribution in [-0.2, 0) is 4.79 Å². The Balaban J connectivity index is 1.84. The van der Waals surface area contributed by atoms with Crippen LogP contribution in [0.2, 0.25) is 0 Å². The number of hydrazine groups is 1. The number of nitrogens with one attached hydrogen (secondary N) is 2. The lowest BCUT2D eigenvalue weighted by Crippen LogP contribution is -2.43. The zero-order valence-electron chi connectivity index (χ0n) is 9.97. The van der Waals surface area contributed by atoms with Crippen LogP contribution in [0.15, 0.2) is 24.3 Å². The lowest BCUT2D eigenvalue weighted by Gasteiger charge is -2.13. The van der Waals surface area contributed by atoms with Crippen LogP contribution in [0.25, 0.3) is 10.1 Å². The van der Waals surface area contributed by atoms with Gasteiger partial charge in [0.15, 0.2) is 0 Å². The lowest BCUT2D eigenvalue weighted by molar-refractivity contribution is -0.118. The first kappa shape index (κ1) is 12.5. The summed E-state index contributed by atoms with van der Waals surface area (Å²) in [4.78, 5) is 34.5. The maximum absolute atomic E-state index is 13.5. The van der Waals surface area contributed by atoms with E-state index in [4.69, 9.17) is 0 Å². The summed E-state index contributed by atoms with van der Waals surface area (Å²) >= 11 is 1.11. The fraction of sp³-hybridized carbons (Fsp3) is 0.0833. The van der Waals surface area contributed by atoms with Crippen molar-refractivity contribution in [2.24, 2.45) is 0 Å². The van der Waals surface area contributed by atoms with Gasteiger partial charge in [0, 0.05) is 10.1 Å². The molecule has 20 heavy (non-hydrogen) atoms. The number of nitrogens with zero attached hydrogens (tertiary/aromatic N) is 1. The standard InChI is InChI=1S/C12H8FN3O3S/c13-7-2-1-3-8-6(7)4-9(20-8)11(18)15-16-5-10(17)14-12(16)19/h1-4H,5H2,(H,15,18)(H,14,17,19). The molecular weight excluding hydrogens is 285 g/mol. The molecule has 0 unspecified atom stereocenters. The Kier molecular flexibility index (Phi) is 2.87. The maximum Gasteiger partial charge on any atom is 0.343 e. The van der Waals surface area contributed by atoms with Crippen molar-refractivity contribution in [3.8, 4) is 0 Å². The molecule has 0 radical (unpaired) electrons. The van der Waals surface area contributed by atoms with Gasteiger partial charge in [0.1, 0.15) is 12.4 Å². The fourth-order valence-corrected chi connectivity index (χ4v) is 2.81. The van der Waals surface area contributed by atoms with Gasteiger partial charge >= 0.3 is 6.03 Å². The van der Waals surface area contributed by atoms with E-state index in [-0.39, 0.29) is 11.4 Å². The second-order valence-corrected chi connectivity index (χ2v) is 5.23. The summed E-state index contributed by atoms with van der Waals surface area (Å²) in [5.74, 6) is -1.46. The molecule has 0 atom stereocenters. The van der Waals surface area contributed by atoms with Crippen LogP contribution >= 0.6 is 11.3 Å². The Morgan fingerprint density at radius 1 is 1.40 bits per heavy atom. The summed E-state index contributed by atoms with van der Waals surface area (Å²) < 4.78 is 14.2. The van der Waals surface area contributed by atoms with E-state index in [2.05, 4.69) is 5.43 Å². The van der Waals surface area contributed by atoms with E-state index in [1.165, 1.54) is 12.1 Å². The Morgan fingerprint density at radius 2 is 2.20 bits per heavy atom. The van der Waals surface area contributed by atoms with Gasteiger partial charge in [0.05, 0.1) is 4.88 Å². The fourth-order valence-electron chi connectivity index (χ4n) is 1.85. The molecule has 1 aliphatic rings. The van der Waals surface area contributed by atoms with Crippen LogP contribution in [0.4, 0.5) is 9.18 Å². The summed E-state index contributed by atoms with van der Waals surface area (Å²) in [6, 6.07) is 5.30. The number of hydrogen-bond donors (Lipinski definition) is 2. The van der Waals surface area contributed by atoms with E-state index < -0.39 is 23.7 Å². The van der Waals surface area contributed by atoms with Crippen molar-refractivity contribution in [3.63, 3.8) is 0 Å². The van der Waals surface area contributed by atoms with Crippen molar-refractivity contribution in [2.45, 2.75) is 0 Å². The van der Waals surface area contributed by atoms with Gasteiger partial charge in [-0.25, -0.2) is 14.2 Å². The summed E-state index contributed by atoms with van der Waals surface area (Å²) in [5, 5.41) is 3.27. The molecule has 1 aliphatic heterocycles. The zero-order chi connectivity index (χ0) is 14.3. The molecule has 3 rings (SSSR count). The van der Waals surface area contributed by atoms with Crippen molar-refractivity contribution < 1.29 is 18.8 Å². The summed E-state index contributed by atoms with van der Waals surface area (Å²) in [7, 11) is 0. The molecule has 8 heteroatoms. The molecule has 0 spiro atoms. The van der Waals surface area contributed by atoms with Gasteiger partial charge in [-0.2, -0.15) is 0 Å². The van der Waals surface area contributed by atoms with Crippen LogP contribution in [0.5, 0.6) is 0 Å². The number of carbonyl (C=O) groups excluding carboxylic acids is 3. The number of thiophene rings is 1. The highest BCUT2D eigenvalue weighted by Gasteiger charge is 2.28. The van der Waals surface area contributed by atoms with Crippen molar-refractivity contribution in [3.05, 3.63) is 35.0 Å². The highest BCUT2D eigenvalue weighted by Crippen LogP contribution is 2.27. The minimum absolute atomic E-state index is 0.232. The third-order valence-corrected chi connectivity index (χ3v) is 3.86. The molecule has 102 valence electrons. The van der Waals surface area contributed by atoms with E-state index in [1.807, 2.05) is 5.32 Å². The van der Waals surface area contributed by atoms with Gasteiger partial charge in [0.25, 0.3) is 5.91 Å². The first-order valence-corrected chi connectivity index (χ1v) is 6.46. The number of imide groups is 1. The number of benzene rings is 1. The minimum atomic E-state index is -0.685. The van der Waals surface area contributed by atoms with E-state index >= 15 is 0 Å². The topological polar surface area (TPSA) is 78.5 Å². The van der Waals surface area contributed by atoms with E-state index in [9.17, 15) is 18.8 Å². The minimum Gasteiger partial charge on any atom is -0.275 e. The number of amides is 4. The summed E-state index contributed by atoms with van der Waals surface area (Å²) in [6.45, 7) is -0.232. The second kappa shape index (κ2) is 4.57. The molecule has 2 heterocycles. The first-order chi connectivity index (χ1) is 9.54. The Morgan fingerprint density at radius 3 is 2.85 bits per heavy atom. The molecule has 0 bridgehead atoms. The highest BCUT2D eigenvalue weighted by molar-refractivity contribution is 7.20. The quantitative estimate of drug-likeness (QED) is 0.818. The average Bonchev–Trinajstić information content (AvgIpc) is 2.94. The second-order valence-electron chi connectivity index (χ2n) is 4.14.